The number of hydrogen-bond donors (Lipinski definition) is 1. The molecule has 0 saturated heterocycles. The topological polar surface area (TPSA) is 148 Å². The van der Waals surface area contributed by atoms with Crippen LogP contribution in [0.15, 0.2) is 43.0 Å². The minimum Gasteiger partial charge on any atom is -0.471 e. The molecule has 2 aliphatic carbocycles. The molecule has 0 bridgehead atoms. The fraction of sp³-hybridized carbons (Fsp3) is 0.379. The second-order valence-corrected chi connectivity index (χ2v) is 10.5. The van der Waals surface area contributed by atoms with Crippen LogP contribution < -0.4 is 15.0 Å². The Balaban J connectivity index is 0.000000295. The predicted octanol–water partition coefficient (Wildman–Crippen LogP) is 2.86. The van der Waals surface area contributed by atoms with Crippen LogP contribution in [0.4, 0.5) is 11.6 Å². The van der Waals surface area contributed by atoms with E-state index in [-0.39, 0.29) is 24.9 Å². The van der Waals surface area contributed by atoms with E-state index < -0.39 is 0 Å². The number of likely N-dealkylation sites (N-methyl/N-ethyl adjacent to an activating group) is 1. The minimum absolute atomic E-state index is 0.0722. The lowest BCUT2D eigenvalue weighted by Gasteiger charge is -2.21. The first-order valence-electron chi connectivity index (χ1n) is 13.7. The second kappa shape index (κ2) is 12.7. The van der Waals surface area contributed by atoms with Crippen LogP contribution in [0.3, 0.4) is 0 Å². The van der Waals surface area contributed by atoms with Crippen molar-refractivity contribution in [3.63, 3.8) is 0 Å². The van der Waals surface area contributed by atoms with E-state index >= 15 is 0 Å². The van der Waals surface area contributed by atoms with E-state index in [4.69, 9.17) is 4.74 Å². The Morgan fingerprint density at radius 1 is 1.07 bits per heavy atom. The van der Waals surface area contributed by atoms with Crippen LogP contribution in [0.2, 0.25) is 0 Å². The summed E-state index contributed by atoms with van der Waals surface area (Å²) >= 11 is 0. The maximum Gasteiger partial charge on any atom is 0.242 e. The summed E-state index contributed by atoms with van der Waals surface area (Å²) in [5, 5.41) is 2.44. The Bertz CT molecular complexity index is 1580. The van der Waals surface area contributed by atoms with E-state index in [0.717, 1.165) is 29.9 Å². The molecule has 2 saturated carbocycles. The lowest BCUT2D eigenvalue weighted by molar-refractivity contribution is -0.128. The molecule has 4 aromatic heterocycles. The molecule has 0 aromatic carbocycles. The van der Waals surface area contributed by atoms with E-state index in [1.165, 1.54) is 35.0 Å². The van der Waals surface area contributed by atoms with Crippen molar-refractivity contribution in [2.75, 3.05) is 30.9 Å². The number of anilines is 2. The van der Waals surface area contributed by atoms with Gasteiger partial charge in [-0.25, -0.2) is 24.9 Å². The van der Waals surface area contributed by atoms with Crippen molar-refractivity contribution in [2.45, 2.75) is 51.0 Å². The summed E-state index contributed by atoms with van der Waals surface area (Å²) in [5.41, 5.74) is 3.46. The van der Waals surface area contributed by atoms with E-state index in [9.17, 15) is 14.4 Å². The highest BCUT2D eigenvalue weighted by molar-refractivity contribution is 5.88. The molecular weight excluding hydrogens is 538 g/mol. The molecule has 0 atom stereocenters. The maximum absolute atomic E-state index is 12.2. The number of carbonyl (C=O) groups excluding carboxylic acids is 3. The summed E-state index contributed by atoms with van der Waals surface area (Å²) in [4.78, 5) is 58.6. The molecule has 2 aliphatic rings. The second-order valence-electron chi connectivity index (χ2n) is 10.5. The summed E-state index contributed by atoms with van der Waals surface area (Å²) in [6, 6.07) is 7.38. The number of nitrogens with one attached hydrogen (secondary N) is 1. The lowest BCUT2D eigenvalue weighted by Crippen LogP contribution is -2.36. The molecule has 2 fully saturated rings. The van der Waals surface area contributed by atoms with Crippen molar-refractivity contribution in [1.29, 1.82) is 0 Å². The first-order valence-corrected chi connectivity index (χ1v) is 13.7. The largest absolute Gasteiger partial charge is 0.471 e. The van der Waals surface area contributed by atoms with Gasteiger partial charge in [-0.1, -0.05) is 0 Å². The van der Waals surface area contributed by atoms with Crippen LogP contribution in [0.1, 0.15) is 60.3 Å². The fourth-order valence-electron chi connectivity index (χ4n) is 4.25. The van der Waals surface area contributed by atoms with Crippen LogP contribution in [0, 0.1) is 6.92 Å². The number of pyridine rings is 1. The Labute approximate surface area is 243 Å². The number of hydrogen-bond acceptors (Lipinski definition) is 9. The molecule has 0 spiro atoms. The number of amides is 3. The van der Waals surface area contributed by atoms with Gasteiger partial charge < -0.3 is 15.0 Å². The van der Waals surface area contributed by atoms with Crippen molar-refractivity contribution < 1.29 is 19.1 Å². The molecule has 13 heteroatoms. The smallest absolute Gasteiger partial charge is 0.242 e. The highest BCUT2D eigenvalue weighted by atomic mass is 16.5. The number of nitrogens with zero attached hydrogens (tertiary/aromatic N) is 8. The summed E-state index contributed by atoms with van der Waals surface area (Å²) in [7, 11) is 3.30. The van der Waals surface area contributed by atoms with Gasteiger partial charge in [0.2, 0.25) is 24.6 Å². The van der Waals surface area contributed by atoms with Crippen molar-refractivity contribution >= 4 is 36.0 Å². The molecule has 3 amide bonds. The molecule has 13 nitrogen and oxygen atoms in total. The standard InChI is InChI=1S/C21H23N7O4.C8H10N2/c1-26(2)21(31)9-27(13-30)20-6-15(14-3-4-14)5-18-25-16(8-28(18)20)10-32-19-7-17(24-12-29)22-11-23-19;1-6-4-5-9-8(10-6)7-2-3-7/h5-8,11-14H,3-4,9-10H2,1-2H3,(H,22,23,24,29);4-5,7H,2-3H2,1H3. The van der Waals surface area contributed by atoms with E-state index in [1.54, 1.807) is 24.7 Å². The summed E-state index contributed by atoms with van der Waals surface area (Å²) < 4.78 is 7.47. The Morgan fingerprint density at radius 3 is 2.52 bits per heavy atom. The monoisotopic (exact) mass is 571 g/mol. The Kier molecular flexibility index (Phi) is 8.65. The van der Waals surface area contributed by atoms with Crippen molar-refractivity contribution in [1.82, 2.24) is 34.2 Å². The summed E-state index contributed by atoms with van der Waals surface area (Å²) in [6.45, 7) is 2.06. The quantitative estimate of drug-likeness (QED) is 0.268. The van der Waals surface area contributed by atoms with Gasteiger partial charge in [0.25, 0.3) is 0 Å². The van der Waals surface area contributed by atoms with Crippen molar-refractivity contribution in [3.8, 4) is 5.88 Å². The molecule has 0 unspecified atom stereocenters. The number of aryl methyl sites for hydroxylation is 1. The molecule has 6 rings (SSSR count). The SMILES string of the molecule is CN(C)C(=O)CN(C=O)c1cc(C2CC2)cc2nc(COc3cc(NC=O)ncn3)cn12.Cc1ccnc(C2CC2)n1. The van der Waals surface area contributed by atoms with Gasteiger partial charge in [0.05, 0.1) is 5.69 Å². The average Bonchev–Trinajstić information content (AvgIpc) is 3.92. The highest BCUT2D eigenvalue weighted by Crippen LogP contribution is 2.41. The van der Waals surface area contributed by atoms with Crippen LogP contribution in [-0.2, 0) is 21.0 Å². The third-order valence-corrected chi connectivity index (χ3v) is 6.87. The summed E-state index contributed by atoms with van der Waals surface area (Å²) in [6.07, 6.45) is 10.8. The average molecular weight is 572 g/mol. The number of rotatable bonds is 11. The predicted molar refractivity (Wildman–Crippen MR) is 154 cm³/mol. The highest BCUT2D eigenvalue weighted by Gasteiger charge is 2.27. The molecule has 218 valence electrons. The zero-order valence-electron chi connectivity index (χ0n) is 23.8. The third kappa shape index (κ3) is 7.22. The van der Waals surface area contributed by atoms with Gasteiger partial charge in [-0.05, 0) is 62.3 Å². The fourth-order valence-corrected chi connectivity index (χ4v) is 4.25. The minimum atomic E-state index is -0.186. The van der Waals surface area contributed by atoms with Gasteiger partial charge in [-0.2, -0.15) is 0 Å². The third-order valence-electron chi connectivity index (χ3n) is 6.87. The molecule has 0 aliphatic heterocycles. The zero-order chi connectivity index (χ0) is 29.6. The van der Waals surface area contributed by atoms with Gasteiger partial charge in [0, 0.05) is 44.2 Å². The van der Waals surface area contributed by atoms with E-state index in [1.807, 2.05) is 31.3 Å². The van der Waals surface area contributed by atoms with E-state index in [0.29, 0.717) is 47.6 Å². The van der Waals surface area contributed by atoms with Gasteiger partial charge >= 0.3 is 0 Å². The Morgan fingerprint density at radius 2 is 1.86 bits per heavy atom. The first-order chi connectivity index (χ1) is 20.3. The molecule has 4 heterocycles. The first kappa shape index (κ1) is 28.6. The van der Waals surface area contributed by atoms with Crippen LogP contribution in [0.25, 0.3) is 5.65 Å². The molecular formula is C29H33N9O4. The molecule has 0 radical (unpaired) electrons. The summed E-state index contributed by atoms with van der Waals surface area (Å²) in [5.74, 6) is 3.16. The number of imidazole rings is 1. The number of fused-ring (bicyclic) bond motifs is 1. The van der Waals surface area contributed by atoms with Crippen LogP contribution in [-0.4, -0.2) is 73.6 Å². The van der Waals surface area contributed by atoms with Crippen LogP contribution in [0.5, 0.6) is 5.88 Å². The Hall–Kier alpha value is -4.94. The maximum atomic E-state index is 12.2. The number of ether oxygens (including phenoxy) is 1. The van der Waals surface area contributed by atoms with Gasteiger partial charge in [0.15, 0.2) is 0 Å². The van der Waals surface area contributed by atoms with Gasteiger partial charge in [-0.3, -0.25) is 23.7 Å². The normalized spacial score (nSPS) is 14.0. The van der Waals surface area contributed by atoms with Gasteiger partial charge in [-0.15, -0.1) is 0 Å². The number of aromatic nitrogens is 6. The lowest BCUT2D eigenvalue weighted by atomic mass is 10.1. The van der Waals surface area contributed by atoms with E-state index in [2.05, 4.69) is 30.2 Å². The molecule has 1 N–H and O–H groups in total. The van der Waals surface area contributed by atoms with Crippen LogP contribution >= 0.6 is 0 Å². The molecule has 4 aromatic rings. The molecule has 42 heavy (non-hydrogen) atoms. The van der Waals surface area contributed by atoms with Crippen molar-refractivity contribution in [2.24, 2.45) is 0 Å². The number of carbonyl (C=O) groups is 3. The van der Waals surface area contributed by atoms with Gasteiger partial charge in [0.1, 0.15) is 42.6 Å². The zero-order valence-corrected chi connectivity index (χ0v) is 23.8. The van der Waals surface area contributed by atoms with Crippen molar-refractivity contribution in [3.05, 3.63) is 65.8 Å².